The quantitative estimate of drug-likeness (QED) is 0.829. The molecule has 2 atom stereocenters. The molecule has 4 rings (SSSR count). The van der Waals surface area contributed by atoms with Gasteiger partial charge in [-0.3, -0.25) is 9.59 Å². The number of carbonyl (C=O) groups excluding carboxylic acids is 1. The molecule has 8 nitrogen and oxygen atoms in total. The molecule has 2 saturated heterocycles. The molecule has 0 radical (unpaired) electrons. The zero-order chi connectivity index (χ0) is 20.4. The molecule has 1 aromatic carbocycles. The highest BCUT2D eigenvalue weighted by Gasteiger charge is 2.41. The second-order valence-corrected chi connectivity index (χ2v) is 7.52. The van der Waals surface area contributed by atoms with Crippen LogP contribution in [0.3, 0.4) is 0 Å². The number of rotatable bonds is 5. The first-order valence-electron chi connectivity index (χ1n) is 9.91. The zero-order valence-corrected chi connectivity index (χ0v) is 16.4. The first kappa shape index (κ1) is 19.4. The maximum absolute atomic E-state index is 13.1. The Balaban J connectivity index is 1.45. The van der Waals surface area contributed by atoms with E-state index in [9.17, 15) is 14.7 Å². The van der Waals surface area contributed by atoms with E-state index in [1.54, 1.807) is 15.8 Å². The third-order valence-electron chi connectivity index (χ3n) is 5.87. The lowest BCUT2D eigenvalue weighted by atomic mass is 9.84. The molecule has 1 amide bonds. The van der Waals surface area contributed by atoms with Crippen molar-refractivity contribution in [1.29, 1.82) is 0 Å². The number of aromatic nitrogens is 2. The lowest BCUT2D eigenvalue weighted by Gasteiger charge is -2.35. The average Bonchev–Trinajstić information content (AvgIpc) is 3.41. The number of benzene rings is 1. The maximum Gasteiger partial charge on any atom is 0.309 e. The number of ether oxygens (including phenoxy) is 2. The van der Waals surface area contributed by atoms with E-state index in [-0.39, 0.29) is 23.6 Å². The SMILES string of the molecule is COc1cn(-c2ccccc2)nc1C(=O)N1CCC([C@@H]2OCCC2C(=O)O)CC1. The van der Waals surface area contributed by atoms with Crippen LogP contribution >= 0.6 is 0 Å². The maximum atomic E-state index is 13.1. The van der Waals surface area contributed by atoms with Crippen LogP contribution < -0.4 is 4.74 Å². The van der Waals surface area contributed by atoms with Crippen LogP contribution in [0.15, 0.2) is 36.5 Å². The molecular weight excluding hydrogens is 374 g/mol. The Morgan fingerprint density at radius 1 is 1.17 bits per heavy atom. The summed E-state index contributed by atoms with van der Waals surface area (Å²) in [6.07, 6.45) is 3.47. The van der Waals surface area contributed by atoms with Crippen LogP contribution in [-0.2, 0) is 9.53 Å². The lowest BCUT2D eigenvalue weighted by Crippen LogP contribution is -2.43. The van der Waals surface area contributed by atoms with Gasteiger partial charge in [0.1, 0.15) is 0 Å². The van der Waals surface area contributed by atoms with E-state index in [0.29, 0.717) is 31.9 Å². The molecule has 1 unspecified atom stereocenters. The number of nitrogens with zero attached hydrogens (tertiary/aromatic N) is 3. The molecule has 29 heavy (non-hydrogen) atoms. The zero-order valence-electron chi connectivity index (χ0n) is 16.4. The van der Waals surface area contributed by atoms with Crippen molar-refractivity contribution in [1.82, 2.24) is 14.7 Å². The first-order chi connectivity index (χ1) is 14.1. The van der Waals surface area contributed by atoms with Gasteiger partial charge in [-0.15, -0.1) is 0 Å². The number of carboxylic acids is 1. The van der Waals surface area contributed by atoms with Gasteiger partial charge in [0.05, 0.1) is 31.0 Å². The predicted octanol–water partition coefficient (Wildman–Crippen LogP) is 2.22. The summed E-state index contributed by atoms with van der Waals surface area (Å²) < 4.78 is 12.7. The number of methoxy groups -OCH3 is 1. The van der Waals surface area contributed by atoms with Crippen molar-refractivity contribution >= 4 is 11.9 Å². The van der Waals surface area contributed by atoms with Gasteiger partial charge < -0.3 is 19.5 Å². The summed E-state index contributed by atoms with van der Waals surface area (Å²) in [5, 5.41) is 13.8. The van der Waals surface area contributed by atoms with Gasteiger partial charge in [0, 0.05) is 19.7 Å². The third kappa shape index (κ3) is 3.85. The summed E-state index contributed by atoms with van der Waals surface area (Å²) in [5.41, 5.74) is 1.14. The lowest BCUT2D eigenvalue weighted by molar-refractivity contribution is -0.145. The third-order valence-corrected chi connectivity index (χ3v) is 5.87. The summed E-state index contributed by atoms with van der Waals surface area (Å²) in [6, 6.07) is 9.55. The molecule has 2 fully saturated rings. The second-order valence-electron chi connectivity index (χ2n) is 7.52. The van der Waals surface area contributed by atoms with Crippen LogP contribution in [0, 0.1) is 11.8 Å². The van der Waals surface area contributed by atoms with Crippen LogP contribution in [0.4, 0.5) is 0 Å². The van der Waals surface area contributed by atoms with Crippen molar-refractivity contribution in [3.63, 3.8) is 0 Å². The van der Waals surface area contributed by atoms with Crippen molar-refractivity contribution in [3.05, 3.63) is 42.2 Å². The van der Waals surface area contributed by atoms with Crippen LogP contribution in [0.2, 0.25) is 0 Å². The van der Waals surface area contributed by atoms with E-state index in [2.05, 4.69) is 5.10 Å². The Bertz CT molecular complexity index is 874. The Labute approximate surface area is 169 Å². The Morgan fingerprint density at radius 2 is 1.90 bits per heavy atom. The smallest absolute Gasteiger partial charge is 0.309 e. The van der Waals surface area contributed by atoms with Crippen molar-refractivity contribution in [2.45, 2.75) is 25.4 Å². The molecule has 3 heterocycles. The minimum absolute atomic E-state index is 0.159. The largest absolute Gasteiger partial charge is 0.493 e. The summed E-state index contributed by atoms with van der Waals surface area (Å²) in [4.78, 5) is 26.3. The van der Waals surface area contributed by atoms with Crippen LogP contribution in [0.5, 0.6) is 5.75 Å². The Morgan fingerprint density at radius 3 is 2.55 bits per heavy atom. The number of carbonyl (C=O) groups is 2. The fourth-order valence-corrected chi connectivity index (χ4v) is 4.29. The molecule has 154 valence electrons. The Hall–Kier alpha value is -2.87. The number of amides is 1. The monoisotopic (exact) mass is 399 g/mol. The highest BCUT2D eigenvalue weighted by Crippen LogP contribution is 2.34. The molecule has 0 saturated carbocycles. The van der Waals surface area contributed by atoms with Gasteiger partial charge in [-0.25, -0.2) is 4.68 Å². The molecule has 8 heteroatoms. The van der Waals surface area contributed by atoms with Crippen molar-refractivity contribution < 1.29 is 24.2 Å². The standard InChI is InChI=1S/C21H25N3O5/c1-28-17-13-24(15-5-3-2-4-6-15)22-18(17)20(25)23-10-7-14(8-11-23)19-16(21(26)27)9-12-29-19/h2-6,13-14,16,19H,7-12H2,1H3,(H,26,27)/t16?,19-/m0/s1. The van der Waals surface area contributed by atoms with Crippen molar-refractivity contribution in [2.24, 2.45) is 11.8 Å². The fraction of sp³-hybridized carbons (Fsp3) is 0.476. The highest BCUT2D eigenvalue weighted by atomic mass is 16.5. The predicted molar refractivity (Wildman–Crippen MR) is 104 cm³/mol. The number of likely N-dealkylation sites (tertiary alicyclic amines) is 1. The number of hydrogen-bond donors (Lipinski definition) is 1. The number of aliphatic carboxylic acids is 1. The van der Waals surface area contributed by atoms with E-state index < -0.39 is 11.9 Å². The van der Waals surface area contributed by atoms with Gasteiger partial charge in [-0.2, -0.15) is 5.10 Å². The van der Waals surface area contributed by atoms with Crippen LogP contribution in [-0.4, -0.2) is 64.6 Å². The van der Waals surface area contributed by atoms with Gasteiger partial charge in [-0.05, 0) is 37.3 Å². The van der Waals surface area contributed by atoms with E-state index in [1.165, 1.54) is 7.11 Å². The minimum Gasteiger partial charge on any atom is -0.493 e. The van der Waals surface area contributed by atoms with Gasteiger partial charge in [-0.1, -0.05) is 18.2 Å². The number of carboxylic acid groups (broad SMARTS) is 1. The van der Waals surface area contributed by atoms with Gasteiger partial charge >= 0.3 is 5.97 Å². The summed E-state index contributed by atoms with van der Waals surface area (Å²) in [5.74, 6) is -0.805. The average molecular weight is 399 g/mol. The molecule has 1 N–H and O–H groups in total. The molecule has 0 spiro atoms. The van der Waals surface area contributed by atoms with E-state index in [4.69, 9.17) is 9.47 Å². The molecule has 2 aliphatic rings. The van der Waals surface area contributed by atoms with E-state index in [0.717, 1.165) is 18.5 Å². The second kappa shape index (κ2) is 8.24. The van der Waals surface area contributed by atoms with Gasteiger partial charge in [0.25, 0.3) is 5.91 Å². The molecule has 0 aliphatic carbocycles. The highest BCUT2D eigenvalue weighted by molar-refractivity contribution is 5.95. The summed E-state index contributed by atoms with van der Waals surface area (Å²) >= 11 is 0. The number of piperidine rings is 1. The molecule has 2 aliphatic heterocycles. The molecule has 1 aromatic heterocycles. The van der Waals surface area contributed by atoms with Crippen molar-refractivity contribution in [2.75, 3.05) is 26.8 Å². The van der Waals surface area contributed by atoms with E-state index in [1.807, 2.05) is 30.3 Å². The number of hydrogen-bond acceptors (Lipinski definition) is 5. The molecular formula is C21H25N3O5. The molecule has 0 bridgehead atoms. The topological polar surface area (TPSA) is 93.9 Å². The summed E-state index contributed by atoms with van der Waals surface area (Å²) in [6.45, 7) is 1.60. The van der Waals surface area contributed by atoms with Crippen LogP contribution in [0.1, 0.15) is 29.8 Å². The van der Waals surface area contributed by atoms with E-state index >= 15 is 0 Å². The van der Waals surface area contributed by atoms with Gasteiger partial charge in [0.2, 0.25) is 0 Å². The van der Waals surface area contributed by atoms with Crippen molar-refractivity contribution in [3.8, 4) is 11.4 Å². The van der Waals surface area contributed by atoms with Crippen LogP contribution in [0.25, 0.3) is 5.69 Å². The summed E-state index contributed by atoms with van der Waals surface area (Å²) in [7, 11) is 1.53. The normalized spacial score (nSPS) is 22.6. The molecule has 2 aromatic rings. The minimum atomic E-state index is -0.790. The van der Waals surface area contributed by atoms with Gasteiger partial charge in [0.15, 0.2) is 11.4 Å². The number of para-hydroxylation sites is 1. The fourth-order valence-electron chi connectivity index (χ4n) is 4.29. The Kier molecular flexibility index (Phi) is 5.53. The first-order valence-corrected chi connectivity index (χ1v) is 9.91.